The van der Waals surface area contributed by atoms with Gasteiger partial charge in [-0.05, 0) is 29.3 Å². The maximum Gasteiger partial charge on any atom is 0.290 e. The van der Waals surface area contributed by atoms with Crippen LogP contribution in [-0.4, -0.2) is 26.7 Å². The molecule has 140 valence electrons. The minimum absolute atomic E-state index is 0.0719. The third-order valence-corrected chi connectivity index (χ3v) is 4.50. The second-order valence-corrected chi connectivity index (χ2v) is 7.59. The van der Waals surface area contributed by atoms with Crippen molar-refractivity contribution in [2.75, 3.05) is 0 Å². The number of Topliss-reactive ketones (excluding diaryl/α,β-unsaturated/α-hetero) is 1. The van der Waals surface area contributed by atoms with Crippen LogP contribution in [0.2, 0.25) is 0 Å². The number of hydrogen-bond donors (Lipinski definition) is 1. The molecule has 0 fully saturated rings. The van der Waals surface area contributed by atoms with Gasteiger partial charge in [0.1, 0.15) is 5.82 Å². The second-order valence-electron chi connectivity index (χ2n) is 7.59. The summed E-state index contributed by atoms with van der Waals surface area (Å²) in [6.45, 7) is 5.35. The minimum Gasteiger partial charge on any atom is -0.503 e. The van der Waals surface area contributed by atoms with Crippen LogP contribution >= 0.6 is 0 Å². The summed E-state index contributed by atoms with van der Waals surface area (Å²) < 4.78 is 13.2. The Bertz CT molecular complexity index is 899. The first-order valence-electron chi connectivity index (χ1n) is 8.63. The highest BCUT2D eigenvalue weighted by atomic mass is 19.1. The Hall–Kier alpha value is -3.02. The quantitative estimate of drug-likeness (QED) is 0.893. The molecule has 1 aromatic carbocycles. The highest BCUT2D eigenvalue weighted by molar-refractivity contribution is 6.10. The van der Waals surface area contributed by atoms with Crippen LogP contribution in [0.4, 0.5) is 4.39 Å². The molecule has 0 saturated heterocycles. The number of rotatable bonds is 4. The first-order valence-corrected chi connectivity index (χ1v) is 8.63. The fourth-order valence-electron chi connectivity index (χ4n) is 3.12. The number of amides is 1. The molecule has 1 amide bonds. The second kappa shape index (κ2) is 6.95. The molecule has 2 aromatic rings. The highest BCUT2D eigenvalue weighted by Gasteiger charge is 2.45. The Kier molecular flexibility index (Phi) is 4.83. The van der Waals surface area contributed by atoms with Gasteiger partial charge in [-0.25, -0.2) is 4.39 Å². The normalized spacial score (nSPS) is 17.6. The summed E-state index contributed by atoms with van der Waals surface area (Å²) in [4.78, 5) is 31.3. The number of aliphatic hydroxyl groups excluding tert-OH is 1. The van der Waals surface area contributed by atoms with Crippen molar-refractivity contribution in [3.8, 4) is 0 Å². The number of carbonyl (C=O) groups is 2. The van der Waals surface area contributed by atoms with Crippen molar-refractivity contribution in [2.45, 2.75) is 33.4 Å². The van der Waals surface area contributed by atoms with Gasteiger partial charge in [-0.1, -0.05) is 39.0 Å². The van der Waals surface area contributed by atoms with Gasteiger partial charge in [0, 0.05) is 24.4 Å². The predicted molar refractivity (Wildman–Crippen MR) is 98.0 cm³/mol. The standard InChI is InChI=1S/C21H21FN2O3/c1-21(2,3)19(26)16-17(14-5-4-10-23-11-14)24(20(27)18(16)25)12-13-6-8-15(22)9-7-13/h4-11,17,25H,12H2,1-3H3. The minimum atomic E-state index is -0.768. The average molecular weight is 368 g/mol. The summed E-state index contributed by atoms with van der Waals surface area (Å²) in [7, 11) is 0. The fourth-order valence-corrected chi connectivity index (χ4v) is 3.12. The Morgan fingerprint density at radius 1 is 1.22 bits per heavy atom. The zero-order valence-corrected chi connectivity index (χ0v) is 15.4. The first-order chi connectivity index (χ1) is 12.7. The third-order valence-electron chi connectivity index (χ3n) is 4.50. The van der Waals surface area contributed by atoms with Gasteiger partial charge in [0.2, 0.25) is 0 Å². The van der Waals surface area contributed by atoms with Crippen molar-refractivity contribution in [2.24, 2.45) is 5.41 Å². The number of aliphatic hydroxyl groups is 1. The van der Waals surface area contributed by atoms with E-state index in [9.17, 15) is 19.1 Å². The zero-order chi connectivity index (χ0) is 19.8. The lowest BCUT2D eigenvalue weighted by Crippen LogP contribution is -2.32. The Labute approximate surface area is 157 Å². The van der Waals surface area contributed by atoms with Gasteiger partial charge in [0.15, 0.2) is 11.5 Å². The van der Waals surface area contributed by atoms with E-state index >= 15 is 0 Å². The third kappa shape index (κ3) is 3.60. The molecule has 1 N–H and O–H groups in total. The molecule has 0 radical (unpaired) electrons. The van der Waals surface area contributed by atoms with Crippen LogP contribution < -0.4 is 0 Å². The van der Waals surface area contributed by atoms with Crippen molar-refractivity contribution >= 4 is 11.7 Å². The number of benzene rings is 1. The molecule has 1 aliphatic rings. The predicted octanol–water partition coefficient (Wildman–Crippen LogP) is 3.73. The molecular weight excluding hydrogens is 347 g/mol. The number of hydrogen-bond acceptors (Lipinski definition) is 4. The molecule has 2 heterocycles. The van der Waals surface area contributed by atoms with Crippen LogP contribution in [0.25, 0.3) is 0 Å². The largest absolute Gasteiger partial charge is 0.503 e. The number of pyridine rings is 1. The lowest BCUT2D eigenvalue weighted by molar-refractivity contribution is -0.130. The number of halogens is 1. The topological polar surface area (TPSA) is 70.5 Å². The van der Waals surface area contributed by atoms with Crippen LogP contribution in [0, 0.1) is 11.2 Å². The summed E-state index contributed by atoms with van der Waals surface area (Å²) in [5.41, 5.74) is 0.624. The van der Waals surface area contributed by atoms with Gasteiger partial charge in [0.25, 0.3) is 5.91 Å². The zero-order valence-electron chi connectivity index (χ0n) is 15.4. The number of aromatic nitrogens is 1. The summed E-state index contributed by atoms with van der Waals surface area (Å²) in [5, 5.41) is 10.5. The molecule has 6 heteroatoms. The van der Waals surface area contributed by atoms with E-state index in [4.69, 9.17) is 0 Å². The molecule has 5 nitrogen and oxygen atoms in total. The van der Waals surface area contributed by atoms with Crippen molar-refractivity contribution < 1.29 is 19.1 Å². The van der Waals surface area contributed by atoms with Gasteiger partial charge >= 0.3 is 0 Å². The van der Waals surface area contributed by atoms with Gasteiger partial charge in [-0.2, -0.15) is 0 Å². The molecule has 0 spiro atoms. The molecule has 1 unspecified atom stereocenters. The SMILES string of the molecule is CC(C)(C)C(=O)C1=C(O)C(=O)N(Cc2ccc(F)cc2)C1c1cccnc1. The van der Waals surface area contributed by atoms with E-state index in [2.05, 4.69) is 4.98 Å². The van der Waals surface area contributed by atoms with Crippen LogP contribution in [0.3, 0.4) is 0 Å². The first kappa shape index (κ1) is 18.8. The van der Waals surface area contributed by atoms with E-state index in [1.165, 1.54) is 17.0 Å². The Balaban J connectivity index is 2.06. The molecule has 1 atom stereocenters. The Morgan fingerprint density at radius 3 is 2.44 bits per heavy atom. The summed E-state index contributed by atoms with van der Waals surface area (Å²) in [6.07, 6.45) is 3.17. The van der Waals surface area contributed by atoms with Crippen molar-refractivity contribution in [3.63, 3.8) is 0 Å². The molecule has 27 heavy (non-hydrogen) atoms. The van der Waals surface area contributed by atoms with E-state index in [1.807, 2.05) is 0 Å². The molecule has 0 saturated carbocycles. The highest BCUT2D eigenvalue weighted by Crippen LogP contribution is 2.41. The molecular formula is C21H21FN2O3. The van der Waals surface area contributed by atoms with E-state index in [1.54, 1.807) is 57.4 Å². The van der Waals surface area contributed by atoms with Crippen molar-refractivity contribution in [1.29, 1.82) is 0 Å². The number of nitrogens with zero attached hydrogens (tertiary/aromatic N) is 2. The molecule has 1 aromatic heterocycles. The average Bonchev–Trinajstić information content (AvgIpc) is 2.87. The maximum absolute atomic E-state index is 13.2. The molecule has 0 aliphatic carbocycles. The maximum atomic E-state index is 13.2. The van der Waals surface area contributed by atoms with Crippen LogP contribution in [-0.2, 0) is 16.1 Å². The van der Waals surface area contributed by atoms with E-state index in [-0.39, 0.29) is 23.7 Å². The van der Waals surface area contributed by atoms with E-state index in [0.717, 1.165) is 0 Å². The molecule has 0 bridgehead atoms. The smallest absolute Gasteiger partial charge is 0.290 e. The van der Waals surface area contributed by atoms with Gasteiger partial charge in [-0.15, -0.1) is 0 Å². The van der Waals surface area contributed by atoms with E-state index < -0.39 is 23.1 Å². The van der Waals surface area contributed by atoms with Crippen LogP contribution in [0.15, 0.2) is 60.1 Å². The lowest BCUT2D eigenvalue weighted by Gasteiger charge is -2.28. The number of ketones is 1. The molecule has 1 aliphatic heterocycles. The monoisotopic (exact) mass is 368 g/mol. The van der Waals surface area contributed by atoms with Crippen molar-refractivity contribution in [1.82, 2.24) is 9.88 Å². The molecule has 3 rings (SSSR count). The number of carbonyl (C=O) groups excluding carboxylic acids is 2. The summed E-state index contributed by atoms with van der Waals surface area (Å²) in [6, 6.07) is 8.49. The van der Waals surface area contributed by atoms with Gasteiger partial charge in [-0.3, -0.25) is 14.6 Å². The van der Waals surface area contributed by atoms with Crippen LogP contribution in [0.1, 0.15) is 37.9 Å². The van der Waals surface area contributed by atoms with Crippen molar-refractivity contribution in [3.05, 3.63) is 77.1 Å². The summed E-state index contributed by atoms with van der Waals surface area (Å²) >= 11 is 0. The summed E-state index contributed by atoms with van der Waals surface area (Å²) in [5.74, 6) is -1.84. The van der Waals surface area contributed by atoms with Gasteiger partial charge < -0.3 is 10.0 Å². The van der Waals surface area contributed by atoms with Gasteiger partial charge in [0.05, 0.1) is 11.6 Å². The fraction of sp³-hybridized carbons (Fsp3) is 0.286. The Morgan fingerprint density at radius 2 is 1.89 bits per heavy atom. The lowest BCUT2D eigenvalue weighted by atomic mass is 9.82. The van der Waals surface area contributed by atoms with E-state index in [0.29, 0.717) is 11.1 Å². The van der Waals surface area contributed by atoms with Crippen LogP contribution in [0.5, 0.6) is 0 Å².